The molecule has 0 saturated carbocycles. The van der Waals surface area contributed by atoms with Crippen LogP contribution in [0.15, 0.2) is 40.9 Å². The van der Waals surface area contributed by atoms with Crippen LogP contribution in [0.5, 0.6) is 0 Å². The molecule has 1 N–H and O–H groups in total. The van der Waals surface area contributed by atoms with Gasteiger partial charge in [0.1, 0.15) is 5.82 Å². The van der Waals surface area contributed by atoms with E-state index in [1.54, 1.807) is 12.1 Å². The van der Waals surface area contributed by atoms with Gasteiger partial charge < -0.3 is 5.32 Å². The predicted octanol–water partition coefficient (Wildman–Crippen LogP) is 5.33. The lowest BCUT2D eigenvalue weighted by atomic mass is 10.0. The van der Waals surface area contributed by atoms with Gasteiger partial charge in [-0.15, -0.1) is 0 Å². The van der Waals surface area contributed by atoms with Crippen molar-refractivity contribution in [1.82, 2.24) is 0 Å². The summed E-state index contributed by atoms with van der Waals surface area (Å²) in [4.78, 5) is 0. The lowest BCUT2D eigenvalue weighted by Crippen LogP contribution is -2.06. The maximum Gasteiger partial charge on any atom is 0.123 e. The molecule has 2 aromatic rings. The standard InChI is InChI=1S/C17H19BrFN/c1-3-12-6-5-7-13(4-2)17(12)20-11-14-10-15(19)8-9-16(14)18/h5-10,20H,3-4,11H2,1-2H3. The fourth-order valence-corrected chi connectivity index (χ4v) is 2.72. The largest absolute Gasteiger partial charge is 0.380 e. The molecule has 0 unspecified atom stereocenters. The van der Waals surface area contributed by atoms with Crippen LogP contribution in [0.1, 0.15) is 30.5 Å². The molecule has 0 bridgehead atoms. The maximum absolute atomic E-state index is 13.3. The van der Waals surface area contributed by atoms with Gasteiger partial charge in [-0.3, -0.25) is 0 Å². The van der Waals surface area contributed by atoms with Crippen molar-refractivity contribution in [2.45, 2.75) is 33.2 Å². The molecule has 0 amide bonds. The average molecular weight is 336 g/mol. The molecule has 3 heteroatoms. The van der Waals surface area contributed by atoms with Crippen molar-refractivity contribution in [2.75, 3.05) is 5.32 Å². The third-order valence-corrected chi connectivity index (χ3v) is 4.24. The molecule has 0 fully saturated rings. The lowest BCUT2D eigenvalue weighted by molar-refractivity contribution is 0.625. The van der Waals surface area contributed by atoms with Crippen molar-refractivity contribution in [2.24, 2.45) is 0 Å². The molecule has 0 aliphatic heterocycles. The van der Waals surface area contributed by atoms with Crippen LogP contribution in [0, 0.1) is 5.82 Å². The number of hydrogen-bond acceptors (Lipinski definition) is 1. The Hall–Kier alpha value is -1.35. The summed E-state index contributed by atoms with van der Waals surface area (Å²) in [5.74, 6) is -0.204. The molecule has 0 aromatic heterocycles. The van der Waals surface area contributed by atoms with Gasteiger partial charge in [0.25, 0.3) is 0 Å². The summed E-state index contributed by atoms with van der Waals surface area (Å²) in [6.45, 7) is 4.92. The third-order valence-electron chi connectivity index (χ3n) is 3.46. The monoisotopic (exact) mass is 335 g/mol. The summed E-state index contributed by atoms with van der Waals surface area (Å²) in [5, 5.41) is 3.47. The van der Waals surface area contributed by atoms with Crippen LogP contribution in [0.4, 0.5) is 10.1 Å². The maximum atomic E-state index is 13.3. The molecule has 0 heterocycles. The van der Waals surface area contributed by atoms with Crippen LogP contribution < -0.4 is 5.32 Å². The highest BCUT2D eigenvalue weighted by molar-refractivity contribution is 9.10. The van der Waals surface area contributed by atoms with Crippen LogP contribution in [0.2, 0.25) is 0 Å². The van der Waals surface area contributed by atoms with Crippen molar-refractivity contribution >= 4 is 21.6 Å². The predicted molar refractivity (Wildman–Crippen MR) is 86.6 cm³/mol. The molecule has 20 heavy (non-hydrogen) atoms. The van der Waals surface area contributed by atoms with E-state index in [1.165, 1.54) is 22.9 Å². The summed E-state index contributed by atoms with van der Waals surface area (Å²) in [6, 6.07) is 11.2. The number of rotatable bonds is 5. The molecular formula is C17H19BrFN. The Labute approximate surface area is 128 Å². The first-order valence-electron chi connectivity index (χ1n) is 6.94. The lowest BCUT2D eigenvalue weighted by Gasteiger charge is -2.16. The Morgan fingerprint density at radius 3 is 2.25 bits per heavy atom. The van der Waals surface area contributed by atoms with Crippen LogP contribution >= 0.6 is 15.9 Å². The van der Waals surface area contributed by atoms with Crippen molar-refractivity contribution in [3.05, 3.63) is 63.4 Å². The normalized spacial score (nSPS) is 10.6. The van der Waals surface area contributed by atoms with Gasteiger partial charge in [-0.25, -0.2) is 4.39 Å². The molecule has 0 atom stereocenters. The van der Waals surface area contributed by atoms with E-state index >= 15 is 0 Å². The van der Waals surface area contributed by atoms with E-state index in [0.29, 0.717) is 6.54 Å². The molecular weight excluding hydrogens is 317 g/mol. The summed E-state index contributed by atoms with van der Waals surface area (Å²) < 4.78 is 14.2. The second-order valence-electron chi connectivity index (χ2n) is 4.75. The number of anilines is 1. The number of halogens is 2. The van der Waals surface area contributed by atoms with E-state index in [9.17, 15) is 4.39 Å². The van der Waals surface area contributed by atoms with Crippen LogP contribution in [0.25, 0.3) is 0 Å². The number of para-hydroxylation sites is 1. The molecule has 0 aliphatic rings. The van der Waals surface area contributed by atoms with Crippen molar-refractivity contribution < 1.29 is 4.39 Å². The van der Waals surface area contributed by atoms with Crippen LogP contribution in [0.3, 0.4) is 0 Å². The molecule has 1 nitrogen and oxygen atoms in total. The van der Waals surface area contributed by atoms with Crippen LogP contribution in [-0.2, 0) is 19.4 Å². The fourth-order valence-electron chi connectivity index (χ4n) is 2.33. The number of nitrogens with one attached hydrogen (secondary N) is 1. The molecule has 0 aliphatic carbocycles. The quantitative estimate of drug-likeness (QED) is 0.779. The van der Waals surface area contributed by atoms with Crippen molar-refractivity contribution in [3.63, 3.8) is 0 Å². The smallest absolute Gasteiger partial charge is 0.123 e. The Morgan fingerprint density at radius 2 is 1.65 bits per heavy atom. The zero-order valence-electron chi connectivity index (χ0n) is 11.8. The minimum absolute atomic E-state index is 0.204. The highest BCUT2D eigenvalue weighted by Crippen LogP contribution is 2.25. The molecule has 0 saturated heterocycles. The van der Waals surface area contributed by atoms with E-state index in [1.807, 2.05) is 0 Å². The average Bonchev–Trinajstić information content (AvgIpc) is 2.47. The molecule has 0 spiro atoms. The molecule has 106 valence electrons. The van der Waals surface area contributed by atoms with Gasteiger partial charge in [-0.05, 0) is 47.7 Å². The Bertz CT molecular complexity index is 573. The first kappa shape index (κ1) is 15.0. The second-order valence-corrected chi connectivity index (χ2v) is 5.60. The number of benzene rings is 2. The zero-order chi connectivity index (χ0) is 14.5. The van der Waals surface area contributed by atoms with E-state index in [4.69, 9.17) is 0 Å². The van der Waals surface area contributed by atoms with E-state index in [2.05, 4.69) is 53.3 Å². The summed E-state index contributed by atoms with van der Waals surface area (Å²) >= 11 is 3.47. The van der Waals surface area contributed by atoms with Crippen LogP contribution in [-0.4, -0.2) is 0 Å². The Morgan fingerprint density at radius 1 is 1.00 bits per heavy atom. The van der Waals surface area contributed by atoms with Gasteiger partial charge in [-0.1, -0.05) is 48.0 Å². The second kappa shape index (κ2) is 6.89. The van der Waals surface area contributed by atoms with E-state index in [0.717, 1.165) is 22.9 Å². The summed E-state index contributed by atoms with van der Waals surface area (Å²) in [6.07, 6.45) is 1.97. The molecule has 2 aromatic carbocycles. The van der Waals surface area contributed by atoms with E-state index in [-0.39, 0.29) is 5.82 Å². The minimum Gasteiger partial charge on any atom is -0.380 e. The fraction of sp³-hybridized carbons (Fsp3) is 0.294. The Kier molecular flexibility index (Phi) is 5.18. The highest BCUT2D eigenvalue weighted by atomic mass is 79.9. The van der Waals surface area contributed by atoms with Crippen molar-refractivity contribution in [1.29, 1.82) is 0 Å². The van der Waals surface area contributed by atoms with Gasteiger partial charge in [0, 0.05) is 16.7 Å². The SMILES string of the molecule is CCc1cccc(CC)c1NCc1cc(F)ccc1Br. The topological polar surface area (TPSA) is 12.0 Å². The first-order chi connectivity index (χ1) is 9.65. The van der Waals surface area contributed by atoms with Gasteiger partial charge in [-0.2, -0.15) is 0 Å². The third kappa shape index (κ3) is 3.40. The van der Waals surface area contributed by atoms with Gasteiger partial charge >= 0.3 is 0 Å². The van der Waals surface area contributed by atoms with Gasteiger partial charge in [0.2, 0.25) is 0 Å². The highest BCUT2D eigenvalue weighted by Gasteiger charge is 2.07. The van der Waals surface area contributed by atoms with Crippen molar-refractivity contribution in [3.8, 4) is 0 Å². The zero-order valence-corrected chi connectivity index (χ0v) is 13.4. The molecule has 0 radical (unpaired) electrons. The number of hydrogen-bond donors (Lipinski definition) is 1. The Balaban J connectivity index is 2.24. The molecule has 2 rings (SSSR count). The van der Waals surface area contributed by atoms with Gasteiger partial charge in [0.15, 0.2) is 0 Å². The first-order valence-corrected chi connectivity index (χ1v) is 7.73. The summed E-state index contributed by atoms with van der Waals surface area (Å²) in [7, 11) is 0. The number of aryl methyl sites for hydroxylation is 2. The van der Waals surface area contributed by atoms with Gasteiger partial charge in [0.05, 0.1) is 0 Å². The minimum atomic E-state index is -0.204. The summed E-state index contributed by atoms with van der Waals surface area (Å²) in [5.41, 5.74) is 4.72. The van der Waals surface area contributed by atoms with E-state index < -0.39 is 0 Å².